The Morgan fingerprint density at radius 3 is 2.42 bits per heavy atom. The van der Waals surface area contributed by atoms with Gasteiger partial charge in [-0.25, -0.2) is 0 Å². The maximum atomic E-state index is 6.34. The molecule has 0 aliphatic heterocycles. The number of halogens is 2. The molecule has 19 heavy (non-hydrogen) atoms. The van der Waals surface area contributed by atoms with Crippen molar-refractivity contribution in [2.45, 2.75) is 19.9 Å². The van der Waals surface area contributed by atoms with E-state index in [0.717, 1.165) is 15.1 Å². The van der Waals surface area contributed by atoms with Crippen LogP contribution in [0.15, 0.2) is 40.9 Å². The Kier molecular flexibility index (Phi) is 4.67. The van der Waals surface area contributed by atoms with Crippen LogP contribution in [-0.4, -0.2) is 7.05 Å². The molecule has 0 amide bonds. The summed E-state index contributed by atoms with van der Waals surface area (Å²) in [5.74, 6) is 0. The monoisotopic (exact) mass is 337 g/mol. The van der Waals surface area contributed by atoms with Crippen molar-refractivity contribution in [1.29, 1.82) is 0 Å². The lowest BCUT2D eigenvalue weighted by molar-refractivity contribution is 0.687. The van der Waals surface area contributed by atoms with E-state index in [4.69, 9.17) is 11.6 Å². The van der Waals surface area contributed by atoms with Crippen molar-refractivity contribution >= 4 is 27.5 Å². The van der Waals surface area contributed by atoms with Crippen LogP contribution >= 0.6 is 27.5 Å². The summed E-state index contributed by atoms with van der Waals surface area (Å²) in [5.41, 5.74) is 4.89. The first-order chi connectivity index (χ1) is 9.02. The number of nitrogens with one attached hydrogen (secondary N) is 1. The van der Waals surface area contributed by atoms with Crippen LogP contribution in [0.5, 0.6) is 0 Å². The average Bonchev–Trinajstić information content (AvgIpc) is 2.36. The van der Waals surface area contributed by atoms with E-state index in [0.29, 0.717) is 0 Å². The fraction of sp³-hybridized carbons (Fsp3) is 0.250. The second kappa shape index (κ2) is 6.08. The maximum absolute atomic E-state index is 6.34. The summed E-state index contributed by atoms with van der Waals surface area (Å²) in [6.45, 7) is 4.25. The summed E-state index contributed by atoms with van der Waals surface area (Å²) in [6, 6.07) is 12.6. The lowest BCUT2D eigenvalue weighted by Gasteiger charge is -2.21. The van der Waals surface area contributed by atoms with E-state index in [9.17, 15) is 0 Å². The van der Waals surface area contributed by atoms with Gasteiger partial charge in [-0.15, -0.1) is 0 Å². The topological polar surface area (TPSA) is 12.0 Å². The van der Waals surface area contributed by atoms with E-state index in [1.54, 1.807) is 0 Å². The number of hydrogen-bond acceptors (Lipinski definition) is 1. The summed E-state index contributed by atoms with van der Waals surface area (Å²) in [5, 5.41) is 4.14. The summed E-state index contributed by atoms with van der Waals surface area (Å²) < 4.78 is 1.04. The first-order valence-corrected chi connectivity index (χ1v) is 7.39. The highest BCUT2D eigenvalue weighted by Crippen LogP contribution is 2.32. The number of benzene rings is 2. The van der Waals surface area contributed by atoms with Gasteiger partial charge in [-0.2, -0.15) is 0 Å². The fourth-order valence-electron chi connectivity index (χ4n) is 2.36. The summed E-state index contributed by atoms with van der Waals surface area (Å²) in [6.07, 6.45) is 0. The first kappa shape index (κ1) is 14.6. The van der Waals surface area contributed by atoms with Crippen molar-refractivity contribution in [2.24, 2.45) is 0 Å². The summed E-state index contributed by atoms with van der Waals surface area (Å²) >= 11 is 9.85. The quantitative estimate of drug-likeness (QED) is 0.828. The van der Waals surface area contributed by atoms with Gasteiger partial charge in [0.05, 0.1) is 6.04 Å². The molecule has 0 saturated heterocycles. The Morgan fingerprint density at radius 2 is 1.79 bits per heavy atom. The molecule has 0 radical (unpaired) electrons. The Bertz CT molecular complexity index is 595. The van der Waals surface area contributed by atoms with E-state index in [2.05, 4.69) is 59.4 Å². The molecule has 2 rings (SSSR count). The molecule has 100 valence electrons. The Labute approximate surface area is 128 Å². The maximum Gasteiger partial charge on any atom is 0.0592 e. The molecule has 0 fully saturated rings. The highest BCUT2D eigenvalue weighted by atomic mass is 79.9. The molecule has 1 unspecified atom stereocenters. The molecular formula is C16H17BrClN. The predicted octanol–water partition coefficient (Wildman–Crippen LogP) is 5.03. The number of hydrogen-bond donors (Lipinski definition) is 1. The van der Waals surface area contributed by atoms with Gasteiger partial charge in [0.25, 0.3) is 0 Å². The molecule has 1 atom stereocenters. The molecule has 0 aromatic heterocycles. The zero-order valence-corrected chi connectivity index (χ0v) is 13.6. The van der Waals surface area contributed by atoms with Crippen molar-refractivity contribution < 1.29 is 0 Å². The number of aryl methyl sites for hydroxylation is 2. The van der Waals surface area contributed by atoms with Crippen LogP contribution in [0.3, 0.4) is 0 Å². The Hall–Kier alpha value is -0.830. The van der Waals surface area contributed by atoms with Crippen LogP contribution < -0.4 is 5.32 Å². The zero-order chi connectivity index (χ0) is 14.0. The van der Waals surface area contributed by atoms with Crippen LogP contribution in [-0.2, 0) is 0 Å². The molecule has 2 aromatic rings. The average molecular weight is 339 g/mol. The molecule has 1 nitrogen and oxygen atoms in total. The Morgan fingerprint density at radius 1 is 1.05 bits per heavy atom. The zero-order valence-electron chi connectivity index (χ0n) is 11.3. The van der Waals surface area contributed by atoms with Gasteiger partial charge in [0.15, 0.2) is 0 Å². The molecule has 0 bridgehead atoms. The highest BCUT2D eigenvalue weighted by molar-refractivity contribution is 9.10. The lowest BCUT2D eigenvalue weighted by Crippen LogP contribution is -2.19. The van der Waals surface area contributed by atoms with Gasteiger partial charge in [-0.3, -0.25) is 0 Å². The predicted molar refractivity (Wildman–Crippen MR) is 86.0 cm³/mol. The highest BCUT2D eigenvalue weighted by Gasteiger charge is 2.17. The molecule has 2 aromatic carbocycles. The van der Waals surface area contributed by atoms with Crippen LogP contribution in [0.4, 0.5) is 0 Å². The molecule has 0 heterocycles. The van der Waals surface area contributed by atoms with E-state index in [-0.39, 0.29) is 6.04 Å². The van der Waals surface area contributed by atoms with Crippen LogP contribution in [0.25, 0.3) is 0 Å². The van der Waals surface area contributed by atoms with Gasteiger partial charge >= 0.3 is 0 Å². The minimum Gasteiger partial charge on any atom is -0.309 e. The van der Waals surface area contributed by atoms with E-state index in [1.165, 1.54) is 16.7 Å². The minimum atomic E-state index is 0.102. The third kappa shape index (κ3) is 3.19. The van der Waals surface area contributed by atoms with Crippen molar-refractivity contribution in [2.75, 3.05) is 7.05 Å². The van der Waals surface area contributed by atoms with Gasteiger partial charge in [-0.1, -0.05) is 51.3 Å². The smallest absolute Gasteiger partial charge is 0.0592 e. The van der Waals surface area contributed by atoms with Crippen LogP contribution in [0.1, 0.15) is 28.3 Å². The molecule has 0 aliphatic carbocycles. The molecule has 0 aliphatic rings. The van der Waals surface area contributed by atoms with Crippen molar-refractivity contribution in [3.05, 3.63) is 68.1 Å². The Balaban J connectivity index is 2.52. The summed E-state index contributed by atoms with van der Waals surface area (Å²) in [7, 11) is 1.96. The standard InChI is InChI=1S/C16H17BrClN/c1-10-4-6-13(11(2)8-10)16(19-3)14-9-12(17)5-7-15(14)18/h4-9,16,19H,1-3H3. The fourth-order valence-corrected chi connectivity index (χ4v) is 2.97. The van der Waals surface area contributed by atoms with Crippen molar-refractivity contribution in [3.63, 3.8) is 0 Å². The third-order valence-corrected chi connectivity index (χ3v) is 4.13. The van der Waals surface area contributed by atoms with Crippen LogP contribution in [0.2, 0.25) is 5.02 Å². The second-order valence-corrected chi connectivity index (χ2v) is 6.07. The van der Waals surface area contributed by atoms with Crippen molar-refractivity contribution in [1.82, 2.24) is 5.32 Å². The van der Waals surface area contributed by atoms with Gasteiger partial charge in [-0.05, 0) is 55.8 Å². The number of rotatable bonds is 3. The molecule has 3 heteroatoms. The first-order valence-electron chi connectivity index (χ1n) is 6.22. The third-order valence-electron chi connectivity index (χ3n) is 3.29. The normalized spacial score (nSPS) is 12.5. The van der Waals surface area contributed by atoms with Gasteiger partial charge in [0.2, 0.25) is 0 Å². The second-order valence-electron chi connectivity index (χ2n) is 4.75. The van der Waals surface area contributed by atoms with Gasteiger partial charge < -0.3 is 5.32 Å². The SMILES string of the molecule is CNC(c1ccc(C)cc1C)c1cc(Br)ccc1Cl. The van der Waals surface area contributed by atoms with Gasteiger partial charge in [0, 0.05) is 9.50 Å². The lowest BCUT2D eigenvalue weighted by atomic mass is 9.94. The largest absolute Gasteiger partial charge is 0.309 e. The van der Waals surface area contributed by atoms with Gasteiger partial charge in [0.1, 0.15) is 0 Å². The molecular weight excluding hydrogens is 322 g/mol. The summed E-state index contributed by atoms with van der Waals surface area (Å²) in [4.78, 5) is 0. The van der Waals surface area contributed by atoms with Crippen LogP contribution in [0, 0.1) is 13.8 Å². The van der Waals surface area contributed by atoms with E-state index in [1.807, 2.05) is 19.2 Å². The van der Waals surface area contributed by atoms with E-state index >= 15 is 0 Å². The van der Waals surface area contributed by atoms with E-state index < -0.39 is 0 Å². The molecule has 1 N–H and O–H groups in total. The molecule has 0 spiro atoms. The minimum absolute atomic E-state index is 0.102. The van der Waals surface area contributed by atoms with Crippen molar-refractivity contribution in [3.8, 4) is 0 Å². The molecule has 0 saturated carbocycles.